The molecule has 3 rings (SSSR count). The Balaban J connectivity index is 1.55. The molecule has 2 aliphatic rings. The number of piperidine rings is 1. The number of aliphatic hydroxyl groups excluding tert-OH is 1. The Morgan fingerprint density at radius 2 is 1.79 bits per heavy atom. The number of carbonyl (C=O) groups is 2. The minimum Gasteiger partial charge on any atom is -0.569 e. The zero-order chi connectivity index (χ0) is 17.1. The van der Waals surface area contributed by atoms with Crippen LogP contribution in [0.2, 0.25) is 0 Å². The summed E-state index contributed by atoms with van der Waals surface area (Å²) in [5.41, 5.74) is 0.632. The van der Waals surface area contributed by atoms with Gasteiger partial charge in [0, 0.05) is 6.61 Å². The summed E-state index contributed by atoms with van der Waals surface area (Å²) in [7, 11) is 0. The fraction of sp³-hybridized carbons (Fsp3) is 0.467. The lowest BCUT2D eigenvalue weighted by atomic mass is 9.99. The molecular formula is C15H18N4O5. The Bertz CT molecular complexity index is 635. The maximum absolute atomic E-state index is 12.1. The molecule has 2 amide bonds. The first-order valence-corrected chi connectivity index (χ1v) is 7.73. The summed E-state index contributed by atoms with van der Waals surface area (Å²) in [6, 6.07) is 6.48. The zero-order valence-corrected chi connectivity index (χ0v) is 13.0. The van der Waals surface area contributed by atoms with Crippen molar-refractivity contribution in [3.63, 3.8) is 0 Å². The van der Waals surface area contributed by atoms with Gasteiger partial charge in [-0.15, -0.1) is 5.01 Å². The molecular weight excluding hydrogens is 316 g/mol. The Hall–Kier alpha value is -2.68. The van der Waals surface area contributed by atoms with E-state index in [4.69, 9.17) is 9.94 Å². The van der Waals surface area contributed by atoms with Crippen LogP contribution in [0.5, 0.6) is 0 Å². The smallest absolute Gasteiger partial charge is 0.264 e. The van der Waals surface area contributed by atoms with Crippen LogP contribution in [0.3, 0.4) is 0 Å². The van der Waals surface area contributed by atoms with Crippen LogP contribution in [0.4, 0.5) is 0 Å². The van der Waals surface area contributed by atoms with E-state index in [2.05, 4.69) is 5.28 Å². The third-order valence-corrected chi connectivity index (χ3v) is 4.28. The molecule has 0 aromatic heterocycles. The van der Waals surface area contributed by atoms with E-state index in [0.29, 0.717) is 42.0 Å². The van der Waals surface area contributed by atoms with E-state index in [1.165, 1.54) is 5.01 Å². The SMILES string of the molecule is O=C1c2ccccc2C(=O)N1CO/N=[N+](/[O-])N1CCC(CO)CC1. The highest BCUT2D eigenvalue weighted by Crippen LogP contribution is 2.22. The van der Waals surface area contributed by atoms with Crippen molar-refractivity contribution in [2.24, 2.45) is 11.2 Å². The number of fused-ring (bicyclic) bond motifs is 1. The Kier molecular flexibility index (Phi) is 4.61. The molecule has 24 heavy (non-hydrogen) atoms. The predicted molar refractivity (Wildman–Crippen MR) is 80.3 cm³/mol. The Morgan fingerprint density at radius 1 is 1.21 bits per heavy atom. The molecule has 0 unspecified atom stereocenters. The summed E-state index contributed by atoms with van der Waals surface area (Å²) in [5.74, 6) is -0.729. The van der Waals surface area contributed by atoms with E-state index in [0.717, 1.165) is 4.90 Å². The van der Waals surface area contributed by atoms with E-state index < -0.39 is 18.5 Å². The van der Waals surface area contributed by atoms with Crippen molar-refractivity contribution < 1.29 is 24.5 Å². The minimum absolute atomic E-state index is 0.111. The van der Waals surface area contributed by atoms with Gasteiger partial charge in [-0.1, -0.05) is 12.1 Å². The molecule has 9 heteroatoms. The number of aliphatic hydroxyl groups is 1. The molecule has 0 radical (unpaired) electrons. The number of hydrogen-bond donors (Lipinski definition) is 1. The van der Waals surface area contributed by atoms with Crippen LogP contribution in [0, 0.1) is 11.1 Å². The molecule has 128 valence electrons. The molecule has 0 spiro atoms. The summed E-state index contributed by atoms with van der Waals surface area (Å²) in [6.45, 7) is 0.626. The fourth-order valence-corrected chi connectivity index (χ4v) is 2.81. The largest absolute Gasteiger partial charge is 0.569 e. The third kappa shape index (κ3) is 3.02. The second-order valence-electron chi connectivity index (χ2n) is 5.76. The number of imide groups is 1. The second-order valence-corrected chi connectivity index (χ2v) is 5.76. The monoisotopic (exact) mass is 334 g/mol. The zero-order valence-electron chi connectivity index (χ0n) is 13.0. The fourth-order valence-electron chi connectivity index (χ4n) is 2.81. The maximum Gasteiger partial charge on any atom is 0.264 e. The van der Waals surface area contributed by atoms with Gasteiger partial charge in [0.15, 0.2) is 0 Å². The van der Waals surface area contributed by atoms with Gasteiger partial charge in [-0.2, -0.15) is 0 Å². The maximum atomic E-state index is 12.1. The average molecular weight is 334 g/mol. The molecule has 1 saturated heterocycles. The summed E-state index contributed by atoms with van der Waals surface area (Å²) in [5, 5.41) is 25.8. The van der Waals surface area contributed by atoms with Gasteiger partial charge in [0.25, 0.3) is 11.8 Å². The van der Waals surface area contributed by atoms with Crippen LogP contribution in [0.15, 0.2) is 29.5 Å². The van der Waals surface area contributed by atoms with Crippen molar-refractivity contribution in [2.75, 3.05) is 26.4 Å². The highest BCUT2D eigenvalue weighted by atomic mass is 16.7. The van der Waals surface area contributed by atoms with Crippen molar-refractivity contribution in [1.82, 2.24) is 9.91 Å². The third-order valence-electron chi connectivity index (χ3n) is 4.28. The second kappa shape index (κ2) is 6.83. The number of hydrogen-bond acceptors (Lipinski definition) is 6. The Morgan fingerprint density at radius 3 is 2.33 bits per heavy atom. The summed E-state index contributed by atoms with van der Waals surface area (Å²) < 4.78 is 0. The van der Waals surface area contributed by atoms with Crippen LogP contribution < -0.4 is 0 Å². The predicted octanol–water partition coefficient (Wildman–Crippen LogP) is 0.754. The van der Waals surface area contributed by atoms with Crippen molar-refractivity contribution in [1.29, 1.82) is 0 Å². The molecule has 2 heterocycles. The summed E-state index contributed by atoms with van der Waals surface area (Å²) in [4.78, 5) is 30.3. The number of benzene rings is 1. The molecule has 1 aromatic carbocycles. The van der Waals surface area contributed by atoms with Gasteiger partial charge < -0.3 is 15.2 Å². The van der Waals surface area contributed by atoms with E-state index in [-0.39, 0.29) is 12.5 Å². The summed E-state index contributed by atoms with van der Waals surface area (Å²) in [6.07, 6.45) is 1.40. The van der Waals surface area contributed by atoms with Gasteiger partial charge in [0.1, 0.15) is 0 Å². The molecule has 0 atom stereocenters. The lowest BCUT2D eigenvalue weighted by Crippen LogP contribution is -2.39. The number of amides is 2. The highest BCUT2D eigenvalue weighted by molar-refractivity contribution is 6.21. The number of hydrazine groups is 1. The standard InChI is InChI=1S/C15H18N4O5/c20-9-11-5-7-17(8-6-11)19(23)16-24-10-18-14(21)12-3-1-2-4-13(12)15(18)22/h1-4,11,20H,5-10H2/b19-16+. The highest BCUT2D eigenvalue weighted by Gasteiger charge is 2.35. The molecule has 2 aliphatic heterocycles. The van der Waals surface area contributed by atoms with Gasteiger partial charge in [-0.05, 0) is 30.9 Å². The van der Waals surface area contributed by atoms with Gasteiger partial charge >= 0.3 is 0 Å². The molecule has 1 aromatic rings. The van der Waals surface area contributed by atoms with Crippen molar-refractivity contribution >= 4 is 11.8 Å². The first-order valence-electron chi connectivity index (χ1n) is 7.73. The number of carbonyl (C=O) groups excluding carboxylic acids is 2. The topological polar surface area (TPSA) is 109 Å². The van der Waals surface area contributed by atoms with Gasteiger partial charge in [0.2, 0.25) is 12.0 Å². The van der Waals surface area contributed by atoms with E-state index in [1.807, 2.05) is 0 Å². The van der Waals surface area contributed by atoms with Gasteiger partial charge in [-0.25, -0.2) is 4.90 Å². The van der Waals surface area contributed by atoms with Crippen molar-refractivity contribution in [3.8, 4) is 0 Å². The molecule has 1 N–H and O–H groups in total. The normalized spacial score (nSPS) is 19.0. The first-order chi connectivity index (χ1) is 11.6. The summed E-state index contributed by atoms with van der Waals surface area (Å²) >= 11 is 0. The molecule has 0 bridgehead atoms. The Labute approximate surface area is 138 Å². The average Bonchev–Trinajstić information content (AvgIpc) is 2.87. The number of rotatable bonds is 5. The van der Waals surface area contributed by atoms with E-state index in [9.17, 15) is 14.8 Å². The van der Waals surface area contributed by atoms with Gasteiger partial charge in [0.05, 0.1) is 29.2 Å². The van der Waals surface area contributed by atoms with Crippen LogP contribution in [0.1, 0.15) is 33.6 Å². The molecule has 1 fully saturated rings. The van der Waals surface area contributed by atoms with Gasteiger partial charge in [-0.3, -0.25) is 9.59 Å². The van der Waals surface area contributed by atoms with Crippen LogP contribution >= 0.6 is 0 Å². The molecule has 0 saturated carbocycles. The van der Waals surface area contributed by atoms with Crippen LogP contribution in [-0.4, -0.2) is 58.2 Å². The minimum atomic E-state index is -0.466. The van der Waals surface area contributed by atoms with Crippen molar-refractivity contribution in [3.05, 3.63) is 40.6 Å². The molecule has 0 aliphatic carbocycles. The van der Waals surface area contributed by atoms with Crippen LogP contribution in [0.25, 0.3) is 0 Å². The lowest BCUT2D eigenvalue weighted by Gasteiger charge is -2.26. The quantitative estimate of drug-likeness (QED) is 0.368. The van der Waals surface area contributed by atoms with Crippen LogP contribution in [-0.2, 0) is 4.84 Å². The van der Waals surface area contributed by atoms with Crippen molar-refractivity contribution in [2.45, 2.75) is 12.8 Å². The lowest BCUT2D eigenvalue weighted by molar-refractivity contribution is -0.713. The van der Waals surface area contributed by atoms with E-state index in [1.54, 1.807) is 24.3 Å². The van der Waals surface area contributed by atoms with E-state index >= 15 is 0 Å². The first kappa shape index (κ1) is 16.2. The molecule has 9 nitrogen and oxygen atoms in total. The number of nitrogens with zero attached hydrogens (tertiary/aromatic N) is 4.